The third kappa shape index (κ3) is 3.91. The van der Waals surface area contributed by atoms with Crippen LogP contribution in [-0.4, -0.2) is 20.9 Å². The van der Waals surface area contributed by atoms with Crippen LogP contribution in [0.2, 0.25) is 5.02 Å². The van der Waals surface area contributed by atoms with Gasteiger partial charge in [0.25, 0.3) is 15.9 Å². The molecule has 3 aromatic rings. The standard InChI is InChI=1S/C22H18ClFN2O3S/c23-19-14-17(9-10-20(19)24)25-22(27)16-8-11-21-15(13-16)5-4-12-26(21)30(28,29)18-6-2-1-3-7-18/h1-3,6-11,13-14H,4-5,12H2,(H,25,27). The van der Waals surface area contributed by atoms with Gasteiger partial charge < -0.3 is 5.32 Å². The third-order valence-electron chi connectivity index (χ3n) is 4.93. The van der Waals surface area contributed by atoms with E-state index in [2.05, 4.69) is 5.32 Å². The number of anilines is 2. The molecule has 1 heterocycles. The minimum atomic E-state index is -3.68. The van der Waals surface area contributed by atoms with E-state index >= 15 is 0 Å². The van der Waals surface area contributed by atoms with E-state index in [1.54, 1.807) is 48.5 Å². The molecule has 0 bridgehead atoms. The first kappa shape index (κ1) is 20.4. The predicted octanol–water partition coefficient (Wildman–Crippen LogP) is 4.87. The van der Waals surface area contributed by atoms with Crippen LogP contribution in [0.1, 0.15) is 22.3 Å². The molecular weight excluding hydrogens is 427 g/mol. The Morgan fingerprint density at radius 1 is 1.03 bits per heavy atom. The van der Waals surface area contributed by atoms with Crippen LogP contribution in [0, 0.1) is 5.82 Å². The number of halogens is 2. The molecule has 0 unspecified atom stereocenters. The molecule has 0 saturated heterocycles. The van der Waals surface area contributed by atoms with Crippen molar-refractivity contribution in [2.75, 3.05) is 16.2 Å². The molecule has 0 aliphatic carbocycles. The van der Waals surface area contributed by atoms with E-state index in [9.17, 15) is 17.6 Å². The minimum absolute atomic E-state index is 0.0833. The lowest BCUT2D eigenvalue weighted by Gasteiger charge is -2.30. The van der Waals surface area contributed by atoms with Crippen molar-refractivity contribution in [2.45, 2.75) is 17.7 Å². The fourth-order valence-corrected chi connectivity index (χ4v) is 5.19. The summed E-state index contributed by atoms with van der Waals surface area (Å²) in [4.78, 5) is 12.8. The number of nitrogens with one attached hydrogen (secondary N) is 1. The second kappa shape index (κ2) is 8.08. The maximum atomic E-state index is 13.3. The Bertz CT molecular complexity index is 1220. The first-order valence-electron chi connectivity index (χ1n) is 9.33. The van der Waals surface area contributed by atoms with E-state index in [1.807, 2.05) is 0 Å². The SMILES string of the molecule is O=C(Nc1ccc(F)c(Cl)c1)c1ccc2c(c1)CCCN2S(=O)(=O)c1ccccc1. The van der Waals surface area contributed by atoms with Crippen molar-refractivity contribution in [1.82, 2.24) is 0 Å². The van der Waals surface area contributed by atoms with E-state index in [0.29, 0.717) is 36.3 Å². The van der Waals surface area contributed by atoms with Crippen LogP contribution in [-0.2, 0) is 16.4 Å². The molecule has 0 spiro atoms. The zero-order chi connectivity index (χ0) is 21.3. The maximum absolute atomic E-state index is 13.3. The summed E-state index contributed by atoms with van der Waals surface area (Å²) in [5.41, 5.74) is 2.11. The average Bonchev–Trinajstić information content (AvgIpc) is 2.76. The van der Waals surface area contributed by atoms with Gasteiger partial charge in [-0.25, -0.2) is 12.8 Å². The molecule has 0 radical (unpaired) electrons. The monoisotopic (exact) mass is 444 g/mol. The van der Waals surface area contributed by atoms with Crippen molar-refractivity contribution in [1.29, 1.82) is 0 Å². The lowest BCUT2D eigenvalue weighted by molar-refractivity contribution is 0.102. The second-order valence-electron chi connectivity index (χ2n) is 6.92. The Kier molecular flexibility index (Phi) is 5.49. The summed E-state index contributed by atoms with van der Waals surface area (Å²) in [7, 11) is -3.68. The molecule has 1 amide bonds. The number of rotatable bonds is 4. The second-order valence-corrected chi connectivity index (χ2v) is 9.19. The molecular formula is C22H18ClFN2O3S. The highest BCUT2D eigenvalue weighted by atomic mass is 35.5. The van der Waals surface area contributed by atoms with Gasteiger partial charge in [0.2, 0.25) is 0 Å². The zero-order valence-electron chi connectivity index (χ0n) is 15.8. The fraction of sp³-hybridized carbons (Fsp3) is 0.136. The Morgan fingerprint density at radius 2 is 1.80 bits per heavy atom. The fourth-order valence-electron chi connectivity index (χ4n) is 3.45. The largest absolute Gasteiger partial charge is 0.322 e. The van der Waals surface area contributed by atoms with Gasteiger partial charge in [0.05, 0.1) is 15.6 Å². The van der Waals surface area contributed by atoms with Gasteiger partial charge in [0.15, 0.2) is 0 Å². The number of hydrogen-bond acceptors (Lipinski definition) is 3. The highest BCUT2D eigenvalue weighted by Crippen LogP contribution is 2.33. The Labute approximate surface area is 179 Å². The number of nitrogens with zero attached hydrogens (tertiary/aromatic N) is 1. The molecule has 4 rings (SSSR count). The lowest BCUT2D eigenvalue weighted by Crippen LogP contribution is -2.35. The van der Waals surface area contributed by atoms with Crippen LogP contribution in [0.5, 0.6) is 0 Å². The van der Waals surface area contributed by atoms with Gasteiger partial charge in [-0.1, -0.05) is 29.8 Å². The predicted molar refractivity (Wildman–Crippen MR) is 115 cm³/mol. The number of fused-ring (bicyclic) bond motifs is 1. The van der Waals surface area contributed by atoms with Crippen LogP contribution in [0.25, 0.3) is 0 Å². The summed E-state index contributed by atoms with van der Waals surface area (Å²) in [6.45, 7) is 0.379. The van der Waals surface area contributed by atoms with Crippen LogP contribution in [0.15, 0.2) is 71.6 Å². The summed E-state index contributed by atoms with van der Waals surface area (Å²) in [6.07, 6.45) is 1.32. The van der Waals surface area contributed by atoms with Crippen LogP contribution in [0.4, 0.5) is 15.8 Å². The van der Waals surface area contributed by atoms with Crippen LogP contribution < -0.4 is 9.62 Å². The molecule has 3 aromatic carbocycles. The molecule has 5 nitrogen and oxygen atoms in total. The van der Waals surface area contributed by atoms with E-state index in [4.69, 9.17) is 11.6 Å². The van der Waals surface area contributed by atoms with Gasteiger partial charge in [-0.05, 0) is 66.9 Å². The summed E-state index contributed by atoms with van der Waals surface area (Å²) in [5, 5.41) is 2.60. The van der Waals surface area contributed by atoms with Crippen molar-refractivity contribution in [3.63, 3.8) is 0 Å². The highest BCUT2D eigenvalue weighted by molar-refractivity contribution is 7.92. The Hall–Kier alpha value is -2.90. The zero-order valence-corrected chi connectivity index (χ0v) is 17.4. The van der Waals surface area contributed by atoms with E-state index in [0.717, 1.165) is 5.56 Å². The number of aryl methyl sites for hydroxylation is 1. The summed E-state index contributed by atoms with van der Waals surface area (Å²) in [6, 6.07) is 17.1. The summed E-state index contributed by atoms with van der Waals surface area (Å²) in [5.74, 6) is -0.952. The van der Waals surface area contributed by atoms with Gasteiger partial charge >= 0.3 is 0 Å². The summed E-state index contributed by atoms with van der Waals surface area (Å²) < 4.78 is 40.8. The number of carbonyl (C=O) groups is 1. The average molecular weight is 445 g/mol. The Balaban J connectivity index is 1.62. The number of hydrogen-bond donors (Lipinski definition) is 1. The molecule has 30 heavy (non-hydrogen) atoms. The van der Waals surface area contributed by atoms with Crippen molar-refractivity contribution in [2.24, 2.45) is 0 Å². The Morgan fingerprint density at radius 3 is 2.53 bits per heavy atom. The number of benzene rings is 3. The normalized spacial score (nSPS) is 13.6. The quantitative estimate of drug-likeness (QED) is 0.624. The number of amides is 1. The van der Waals surface area contributed by atoms with Gasteiger partial charge in [0, 0.05) is 17.8 Å². The van der Waals surface area contributed by atoms with Gasteiger partial charge in [0.1, 0.15) is 5.82 Å². The van der Waals surface area contributed by atoms with Crippen molar-refractivity contribution in [3.8, 4) is 0 Å². The molecule has 1 N–H and O–H groups in total. The topological polar surface area (TPSA) is 66.5 Å². The smallest absolute Gasteiger partial charge is 0.264 e. The van der Waals surface area contributed by atoms with E-state index in [1.165, 1.54) is 22.5 Å². The van der Waals surface area contributed by atoms with Gasteiger partial charge in [-0.15, -0.1) is 0 Å². The first-order chi connectivity index (χ1) is 14.4. The van der Waals surface area contributed by atoms with E-state index in [-0.39, 0.29) is 15.8 Å². The number of carbonyl (C=O) groups excluding carboxylic acids is 1. The van der Waals surface area contributed by atoms with Crippen LogP contribution >= 0.6 is 11.6 Å². The molecule has 0 aromatic heterocycles. The van der Waals surface area contributed by atoms with Gasteiger partial charge in [-0.3, -0.25) is 9.10 Å². The van der Waals surface area contributed by atoms with E-state index < -0.39 is 15.8 Å². The van der Waals surface area contributed by atoms with Crippen molar-refractivity contribution in [3.05, 3.63) is 88.7 Å². The summed E-state index contributed by atoms with van der Waals surface area (Å²) >= 11 is 5.76. The first-order valence-corrected chi connectivity index (χ1v) is 11.2. The maximum Gasteiger partial charge on any atom is 0.264 e. The molecule has 1 aliphatic rings. The molecule has 0 atom stereocenters. The minimum Gasteiger partial charge on any atom is -0.322 e. The third-order valence-corrected chi connectivity index (χ3v) is 7.04. The van der Waals surface area contributed by atoms with Crippen molar-refractivity contribution < 1.29 is 17.6 Å². The highest BCUT2D eigenvalue weighted by Gasteiger charge is 2.29. The van der Waals surface area contributed by atoms with Gasteiger partial charge in [-0.2, -0.15) is 0 Å². The molecule has 0 fully saturated rings. The number of sulfonamides is 1. The molecule has 8 heteroatoms. The molecule has 0 saturated carbocycles. The van der Waals surface area contributed by atoms with Crippen LogP contribution in [0.3, 0.4) is 0 Å². The van der Waals surface area contributed by atoms with Crippen molar-refractivity contribution >= 4 is 38.9 Å². The lowest BCUT2D eigenvalue weighted by atomic mass is 10.0. The molecule has 1 aliphatic heterocycles. The molecule has 154 valence electrons.